The molecule has 126 valence electrons. The van der Waals surface area contributed by atoms with Gasteiger partial charge in [-0.1, -0.05) is 77.6 Å². The quantitative estimate of drug-likeness (QED) is 0.276. The summed E-state index contributed by atoms with van der Waals surface area (Å²) in [7, 11) is 0. The maximum atomic E-state index is 10.6. The van der Waals surface area contributed by atoms with Crippen molar-refractivity contribution in [2.75, 3.05) is 6.54 Å². The number of carbonyl (C=O) groups excluding carboxylic acids is 1. The Morgan fingerprint density at radius 1 is 0.857 bits per heavy atom. The molecule has 0 rings (SSSR count). The monoisotopic (exact) mass is 302 g/mol. The highest BCUT2D eigenvalue weighted by molar-refractivity contribution is 5.80. The molecular formula is C16H34N2O3. The van der Waals surface area contributed by atoms with Gasteiger partial charge in [-0.25, -0.2) is 0 Å². The Hall–Kier alpha value is -0.650. The number of nitrogens with one attached hydrogen (secondary N) is 1. The molecule has 5 nitrogen and oxygen atoms in total. The van der Waals surface area contributed by atoms with E-state index in [1.54, 1.807) is 0 Å². The Morgan fingerprint density at radius 2 is 1.24 bits per heavy atom. The maximum absolute atomic E-state index is 10.6. The molecule has 0 heterocycles. The predicted octanol–water partition coefficient (Wildman–Crippen LogP) is 2.40. The van der Waals surface area contributed by atoms with Gasteiger partial charge in [0.1, 0.15) is 0 Å². The fourth-order valence-corrected chi connectivity index (χ4v) is 2.32. The van der Waals surface area contributed by atoms with Gasteiger partial charge in [0.05, 0.1) is 0 Å². The first-order chi connectivity index (χ1) is 10.0. The van der Waals surface area contributed by atoms with Gasteiger partial charge in [-0.15, -0.1) is 0 Å². The molecule has 0 aliphatic heterocycles. The molecule has 0 radical (unpaired) electrons. The first-order valence-electron chi connectivity index (χ1n) is 8.50. The van der Waals surface area contributed by atoms with Crippen molar-refractivity contribution in [1.82, 2.24) is 5.32 Å². The third kappa shape index (κ3) is 12.8. The predicted molar refractivity (Wildman–Crippen MR) is 85.4 cm³/mol. The molecule has 0 aliphatic carbocycles. The van der Waals surface area contributed by atoms with E-state index >= 15 is 0 Å². The number of amides is 1. The van der Waals surface area contributed by atoms with Crippen LogP contribution in [-0.2, 0) is 4.79 Å². The Morgan fingerprint density at radius 3 is 1.62 bits per heavy atom. The molecule has 5 heteroatoms. The van der Waals surface area contributed by atoms with Crippen LogP contribution in [0.3, 0.4) is 0 Å². The molecule has 0 aromatic carbocycles. The highest BCUT2D eigenvalue weighted by atomic mass is 16.5. The SMILES string of the molecule is CCCCCCCCCCCCCCNC(O)(O)C(N)=O. The van der Waals surface area contributed by atoms with Crippen molar-refractivity contribution in [3.05, 3.63) is 0 Å². The van der Waals surface area contributed by atoms with Gasteiger partial charge in [-0.2, -0.15) is 0 Å². The highest BCUT2D eigenvalue weighted by Crippen LogP contribution is 2.11. The van der Waals surface area contributed by atoms with Crippen molar-refractivity contribution in [3.63, 3.8) is 0 Å². The van der Waals surface area contributed by atoms with Gasteiger partial charge in [0.25, 0.3) is 5.91 Å². The highest BCUT2D eigenvalue weighted by Gasteiger charge is 2.29. The standard InChI is InChI=1S/C16H34N2O3/c1-2-3-4-5-6-7-8-9-10-11-12-13-14-18-16(20,21)15(17)19/h18,20-21H,2-14H2,1H3,(H2,17,19). The Kier molecular flexibility index (Phi) is 12.6. The number of nitrogens with two attached hydrogens (primary N) is 1. The number of carbonyl (C=O) groups is 1. The molecule has 0 fully saturated rings. The molecule has 0 aromatic rings. The zero-order valence-electron chi connectivity index (χ0n) is 13.6. The number of hydrogen-bond acceptors (Lipinski definition) is 4. The summed E-state index contributed by atoms with van der Waals surface area (Å²) in [5.74, 6) is -3.74. The third-order valence-corrected chi connectivity index (χ3v) is 3.75. The molecule has 0 aliphatic rings. The summed E-state index contributed by atoms with van der Waals surface area (Å²) in [6.07, 6.45) is 15.0. The average molecular weight is 302 g/mol. The van der Waals surface area contributed by atoms with Crippen LogP contribution in [0.2, 0.25) is 0 Å². The van der Waals surface area contributed by atoms with Crippen molar-refractivity contribution in [3.8, 4) is 0 Å². The van der Waals surface area contributed by atoms with E-state index in [2.05, 4.69) is 12.2 Å². The first-order valence-corrected chi connectivity index (χ1v) is 8.50. The van der Waals surface area contributed by atoms with Crippen molar-refractivity contribution >= 4 is 5.91 Å². The van der Waals surface area contributed by atoms with E-state index in [0.717, 1.165) is 19.3 Å². The van der Waals surface area contributed by atoms with E-state index in [1.807, 2.05) is 0 Å². The van der Waals surface area contributed by atoms with E-state index in [-0.39, 0.29) is 0 Å². The Bertz CT molecular complexity index is 258. The molecule has 0 aromatic heterocycles. The molecule has 5 N–H and O–H groups in total. The fraction of sp³-hybridized carbons (Fsp3) is 0.938. The lowest BCUT2D eigenvalue weighted by Crippen LogP contribution is -2.55. The average Bonchev–Trinajstić information content (AvgIpc) is 2.43. The van der Waals surface area contributed by atoms with Crippen LogP contribution in [0.15, 0.2) is 0 Å². The summed E-state index contributed by atoms with van der Waals surface area (Å²) < 4.78 is 0. The number of aliphatic hydroxyl groups is 2. The molecule has 0 bridgehead atoms. The normalized spacial score (nSPS) is 11.8. The van der Waals surface area contributed by atoms with Gasteiger partial charge >= 0.3 is 5.91 Å². The van der Waals surface area contributed by atoms with Gasteiger partial charge in [0.15, 0.2) is 0 Å². The van der Waals surface area contributed by atoms with Crippen LogP contribution in [0.4, 0.5) is 0 Å². The smallest absolute Gasteiger partial charge is 0.306 e. The van der Waals surface area contributed by atoms with Crippen molar-refractivity contribution in [2.45, 2.75) is 89.9 Å². The minimum Gasteiger partial charge on any atom is -0.364 e. The summed E-state index contributed by atoms with van der Waals surface area (Å²) in [4.78, 5) is 10.6. The molecule has 0 saturated heterocycles. The van der Waals surface area contributed by atoms with E-state index in [9.17, 15) is 4.79 Å². The topological polar surface area (TPSA) is 95.6 Å². The lowest BCUT2D eigenvalue weighted by atomic mass is 10.1. The van der Waals surface area contributed by atoms with Crippen LogP contribution in [0.1, 0.15) is 84.0 Å². The molecule has 0 saturated carbocycles. The summed E-state index contributed by atoms with van der Waals surface area (Å²) in [6, 6.07) is 0. The number of rotatable bonds is 15. The maximum Gasteiger partial charge on any atom is 0.306 e. The molecule has 0 atom stereocenters. The van der Waals surface area contributed by atoms with Crippen LogP contribution in [0.25, 0.3) is 0 Å². The second-order valence-corrected chi connectivity index (χ2v) is 5.85. The van der Waals surface area contributed by atoms with Crippen molar-refractivity contribution in [1.29, 1.82) is 0 Å². The molecule has 0 spiro atoms. The largest absolute Gasteiger partial charge is 0.364 e. The van der Waals surface area contributed by atoms with E-state index in [0.29, 0.717) is 6.54 Å². The number of hydrogen-bond donors (Lipinski definition) is 4. The van der Waals surface area contributed by atoms with E-state index in [4.69, 9.17) is 15.9 Å². The zero-order valence-corrected chi connectivity index (χ0v) is 13.6. The van der Waals surface area contributed by atoms with Gasteiger partial charge in [-0.05, 0) is 6.42 Å². The second kappa shape index (κ2) is 13.0. The van der Waals surface area contributed by atoms with Crippen LogP contribution < -0.4 is 11.1 Å². The van der Waals surface area contributed by atoms with Crippen molar-refractivity contribution in [2.24, 2.45) is 5.73 Å². The molecule has 0 unspecified atom stereocenters. The van der Waals surface area contributed by atoms with E-state index in [1.165, 1.54) is 57.8 Å². The molecule has 1 amide bonds. The Balaban J connectivity index is 3.18. The minimum absolute atomic E-state index is 0.382. The third-order valence-electron chi connectivity index (χ3n) is 3.75. The van der Waals surface area contributed by atoms with Gasteiger partial charge in [0.2, 0.25) is 0 Å². The fourth-order valence-electron chi connectivity index (χ4n) is 2.32. The van der Waals surface area contributed by atoms with Crippen LogP contribution in [0.5, 0.6) is 0 Å². The van der Waals surface area contributed by atoms with E-state index < -0.39 is 11.8 Å². The second-order valence-electron chi connectivity index (χ2n) is 5.85. The number of unbranched alkanes of at least 4 members (excludes halogenated alkanes) is 11. The van der Waals surface area contributed by atoms with Crippen LogP contribution in [-0.4, -0.2) is 28.6 Å². The zero-order chi connectivity index (χ0) is 16.0. The Labute approximate surface area is 129 Å². The van der Waals surface area contributed by atoms with Gasteiger partial charge in [0, 0.05) is 6.54 Å². The van der Waals surface area contributed by atoms with Crippen molar-refractivity contribution < 1.29 is 15.0 Å². The first kappa shape index (κ1) is 20.3. The lowest BCUT2D eigenvalue weighted by Gasteiger charge is -2.18. The summed E-state index contributed by atoms with van der Waals surface area (Å²) in [5, 5.41) is 20.6. The minimum atomic E-state index is -2.57. The molecule has 21 heavy (non-hydrogen) atoms. The van der Waals surface area contributed by atoms with Gasteiger partial charge < -0.3 is 15.9 Å². The molecular weight excluding hydrogens is 268 g/mol. The van der Waals surface area contributed by atoms with Crippen LogP contribution >= 0.6 is 0 Å². The lowest BCUT2D eigenvalue weighted by molar-refractivity contribution is -0.194. The summed E-state index contributed by atoms with van der Waals surface area (Å²) in [6.45, 7) is 2.62. The number of primary amides is 1. The van der Waals surface area contributed by atoms with Gasteiger partial charge in [-0.3, -0.25) is 10.1 Å². The van der Waals surface area contributed by atoms with Crippen LogP contribution in [0, 0.1) is 0 Å². The summed E-state index contributed by atoms with van der Waals surface area (Å²) >= 11 is 0. The summed E-state index contributed by atoms with van der Waals surface area (Å²) in [5.41, 5.74) is 4.82.